The Labute approximate surface area is 142 Å². The van der Waals surface area contributed by atoms with Crippen molar-refractivity contribution in [3.8, 4) is 0 Å². The molecule has 0 N–H and O–H groups in total. The van der Waals surface area contributed by atoms with Gasteiger partial charge < -0.3 is 9.47 Å². The van der Waals surface area contributed by atoms with E-state index in [9.17, 15) is 4.79 Å². The molecule has 23 heavy (non-hydrogen) atoms. The molecule has 3 heteroatoms. The first-order chi connectivity index (χ1) is 11.2. The van der Waals surface area contributed by atoms with Crippen LogP contribution in [0.3, 0.4) is 0 Å². The van der Waals surface area contributed by atoms with Gasteiger partial charge in [-0.25, -0.2) is 0 Å². The molecule has 1 saturated carbocycles. The zero-order valence-corrected chi connectivity index (χ0v) is 15.4. The molecule has 3 nitrogen and oxygen atoms in total. The van der Waals surface area contributed by atoms with Crippen molar-refractivity contribution in [2.24, 2.45) is 11.8 Å². The number of allylic oxidation sites excluding steroid dienone is 2. The average molecular weight is 325 g/mol. The van der Waals surface area contributed by atoms with Crippen molar-refractivity contribution in [1.29, 1.82) is 0 Å². The van der Waals surface area contributed by atoms with Crippen LogP contribution < -0.4 is 0 Å². The number of hydrogen-bond acceptors (Lipinski definition) is 3. The topological polar surface area (TPSA) is 35.5 Å². The van der Waals surface area contributed by atoms with E-state index in [1.54, 1.807) is 14.2 Å². The number of ether oxygens (including phenoxy) is 2. The highest BCUT2D eigenvalue weighted by molar-refractivity contribution is 5.82. The monoisotopic (exact) mass is 324 g/mol. The normalized spacial score (nSPS) is 22.3. The van der Waals surface area contributed by atoms with Gasteiger partial charge in [-0.3, -0.25) is 4.79 Å². The Hall–Kier alpha value is -0.670. The first kappa shape index (κ1) is 20.4. The van der Waals surface area contributed by atoms with E-state index in [1.807, 2.05) is 0 Å². The van der Waals surface area contributed by atoms with Gasteiger partial charge in [0.05, 0.1) is 0 Å². The highest BCUT2D eigenvalue weighted by Crippen LogP contribution is 2.32. The predicted octanol–water partition coefficient (Wildman–Crippen LogP) is 5.29. The van der Waals surface area contributed by atoms with Crippen LogP contribution in [0.2, 0.25) is 0 Å². The molecule has 0 saturated heterocycles. The van der Waals surface area contributed by atoms with Gasteiger partial charge in [-0.15, -0.1) is 0 Å². The molecule has 0 aromatic heterocycles. The molecule has 1 unspecified atom stereocenters. The van der Waals surface area contributed by atoms with Crippen LogP contribution in [0.1, 0.15) is 77.6 Å². The van der Waals surface area contributed by atoms with Crippen LogP contribution in [0.15, 0.2) is 12.2 Å². The molecule has 0 heterocycles. The summed E-state index contributed by atoms with van der Waals surface area (Å²) in [4.78, 5) is 12.3. The molecule has 0 aliphatic heterocycles. The fourth-order valence-corrected chi connectivity index (χ4v) is 3.54. The van der Waals surface area contributed by atoms with E-state index < -0.39 is 0 Å². The molecule has 134 valence electrons. The summed E-state index contributed by atoms with van der Waals surface area (Å²) in [7, 11) is 3.34. The minimum Gasteiger partial charge on any atom is -0.356 e. The van der Waals surface area contributed by atoms with Crippen molar-refractivity contribution in [1.82, 2.24) is 0 Å². The third kappa shape index (κ3) is 8.12. The Morgan fingerprint density at radius 1 is 1.17 bits per heavy atom. The van der Waals surface area contributed by atoms with Gasteiger partial charge in [-0.2, -0.15) is 0 Å². The molecular formula is C20H36O3. The summed E-state index contributed by atoms with van der Waals surface area (Å²) in [6.07, 6.45) is 16.7. The maximum Gasteiger partial charge on any atom is 0.156 e. The average Bonchev–Trinajstić information content (AvgIpc) is 2.56. The molecule has 0 amide bonds. The second-order valence-corrected chi connectivity index (χ2v) is 6.74. The second kappa shape index (κ2) is 12.7. The van der Waals surface area contributed by atoms with Crippen LogP contribution in [0.5, 0.6) is 0 Å². The zero-order valence-electron chi connectivity index (χ0n) is 15.4. The summed E-state index contributed by atoms with van der Waals surface area (Å²) in [5, 5.41) is 0. The third-order valence-corrected chi connectivity index (χ3v) is 4.98. The van der Waals surface area contributed by atoms with E-state index in [2.05, 4.69) is 19.1 Å². The smallest absolute Gasteiger partial charge is 0.156 e. The lowest BCUT2D eigenvalue weighted by atomic mass is 9.75. The molecular weight excluding hydrogens is 288 g/mol. The summed E-state index contributed by atoms with van der Waals surface area (Å²) >= 11 is 0. The summed E-state index contributed by atoms with van der Waals surface area (Å²) in [6.45, 7) is 2.24. The summed E-state index contributed by atoms with van der Waals surface area (Å²) in [5.74, 6) is 1.12. The maximum atomic E-state index is 12.3. The van der Waals surface area contributed by atoms with Crippen molar-refractivity contribution >= 4 is 5.78 Å². The van der Waals surface area contributed by atoms with E-state index in [1.165, 1.54) is 32.1 Å². The maximum absolute atomic E-state index is 12.3. The summed E-state index contributed by atoms with van der Waals surface area (Å²) in [6, 6.07) is 0. The van der Waals surface area contributed by atoms with Gasteiger partial charge in [-0.1, -0.05) is 38.3 Å². The number of rotatable bonds is 12. The van der Waals surface area contributed by atoms with Crippen molar-refractivity contribution in [2.45, 2.75) is 83.8 Å². The Morgan fingerprint density at radius 2 is 1.96 bits per heavy atom. The van der Waals surface area contributed by atoms with Gasteiger partial charge >= 0.3 is 0 Å². The van der Waals surface area contributed by atoms with Crippen molar-refractivity contribution in [3.05, 3.63) is 12.2 Å². The highest BCUT2D eigenvalue weighted by Gasteiger charge is 2.29. The van der Waals surface area contributed by atoms with Gasteiger partial charge in [-0.05, 0) is 50.9 Å². The molecule has 1 rings (SSSR count). The summed E-state index contributed by atoms with van der Waals surface area (Å²) < 4.78 is 10.5. The quantitative estimate of drug-likeness (QED) is 0.278. The Balaban J connectivity index is 2.38. The molecule has 0 bridgehead atoms. The fraction of sp³-hybridized carbons (Fsp3) is 0.850. The van der Waals surface area contributed by atoms with Crippen molar-refractivity contribution in [3.63, 3.8) is 0 Å². The second-order valence-electron chi connectivity index (χ2n) is 6.74. The van der Waals surface area contributed by atoms with E-state index in [-0.39, 0.29) is 12.2 Å². The van der Waals surface area contributed by atoms with Crippen molar-refractivity contribution in [2.75, 3.05) is 14.2 Å². The third-order valence-electron chi connectivity index (χ3n) is 4.98. The molecule has 2 atom stereocenters. The van der Waals surface area contributed by atoms with Crippen molar-refractivity contribution < 1.29 is 14.3 Å². The predicted molar refractivity (Wildman–Crippen MR) is 95.4 cm³/mol. The zero-order chi connectivity index (χ0) is 16.9. The lowest BCUT2D eigenvalue weighted by Gasteiger charge is -2.28. The van der Waals surface area contributed by atoms with E-state index in [0.717, 1.165) is 38.5 Å². The number of unbranched alkanes of at least 4 members (excludes halogenated alkanes) is 4. The van der Waals surface area contributed by atoms with Gasteiger partial charge in [0.15, 0.2) is 6.29 Å². The standard InChI is InChI=1S/C20H36O3/c1-4-5-6-7-8-9-12-17-13-10-15-19(21)18(17)14-11-16-20(22-2)23-3/h9,12,17-18,20H,4-8,10-11,13-16H2,1-3H3/b12-9+/t17-,18?/m0/s1. The number of Topliss-reactive ketones (excluding diaryl/α,β-unsaturated/α-hetero) is 1. The van der Waals surface area contributed by atoms with Crippen LogP contribution in [-0.4, -0.2) is 26.3 Å². The number of carbonyl (C=O) groups excluding carboxylic acids is 1. The summed E-state index contributed by atoms with van der Waals surface area (Å²) in [5.41, 5.74) is 0. The number of methoxy groups -OCH3 is 2. The number of ketones is 1. The minimum absolute atomic E-state index is 0.138. The Bertz CT molecular complexity index is 334. The number of hydrogen-bond donors (Lipinski definition) is 0. The molecule has 1 aliphatic carbocycles. The Kier molecular flexibility index (Phi) is 11.3. The van der Waals surface area contributed by atoms with E-state index in [0.29, 0.717) is 11.7 Å². The largest absolute Gasteiger partial charge is 0.356 e. The van der Waals surface area contributed by atoms with Gasteiger partial charge in [0.2, 0.25) is 0 Å². The molecule has 1 fully saturated rings. The lowest BCUT2D eigenvalue weighted by Crippen LogP contribution is -2.27. The fourth-order valence-electron chi connectivity index (χ4n) is 3.54. The Morgan fingerprint density at radius 3 is 2.65 bits per heavy atom. The van der Waals surface area contributed by atoms with Gasteiger partial charge in [0, 0.05) is 26.6 Å². The van der Waals surface area contributed by atoms with Crippen LogP contribution in [0.4, 0.5) is 0 Å². The molecule has 0 radical (unpaired) electrons. The first-order valence-corrected chi connectivity index (χ1v) is 9.47. The van der Waals surface area contributed by atoms with Crippen LogP contribution in [0, 0.1) is 11.8 Å². The van der Waals surface area contributed by atoms with E-state index >= 15 is 0 Å². The molecule has 0 spiro atoms. The first-order valence-electron chi connectivity index (χ1n) is 9.47. The van der Waals surface area contributed by atoms with Crippen LogP contribution >= 0.6 is 0 Å². The minimum atomic E-state index is -0.138. The number of carbonyl (C=O) groups is 1. The molecule has 1 aliphatic rings. The highest BCUT2D eigenvalue weighted by atomic mass is 16.7. The molecule has 0 aromatic carbocycles. The lowest BCUT2D eigenvalue weighted by molar-refractivity contribution is -0.127. The van der Waals surface area contributed by atoms with Crippen LogP contribution in [0.25, 0.3) is 0 Å². The SMILES string of the molecule is CCCCCC/C=C/[C@H]1CCCC(=O)C1CCCC(OC)OC. The van der Waals surface area contributed by atoms with Gasteiger partial charge in [0.1, 0.15) is 5.78 Å². The van der Waals surface area contributed by atoms with E-state index in [4.69, 9.17) is 9.47 Å². The van der Waals surface area contributed by atoms with Gasteiger partial charge in [0.25, 0.3) is 0 Å². The molecule has 0 aromatic rings. The van der Waals surface area contributed by atoms with Crippen LogP contribution in [-0.2, 0) is 14.3 Å².